The molecule has 0 aliphatic carbocycles. The second-order valence-electron chi connectivity index (χ2n) is 4.95. The third kappa shape index (κ3) is 3.28. The average Bonchev–Trinajstić information content (AvgIpc) is 2.47. The maximum atomic E-state index is 8.77. The molecule has 1 aliphatic rings. The molecule has 1 heterocycles. The highest BCUT2D eigenvalue weighted by molar-refractivity contribution is 4.90. The predicted molar refractivity (Wildman–Crippen MR) is 57.9 cm³/mol. The van der Waals surface area contributed by atoms with E-state index in [2.05, 4.69) is 30.1 Å². The first kappa shape index (κ1) is 11.5. The Morgan fingerprint density at radius 3 is 2.71 bits per heavy atom. The molecule has 0 bridgehead atoms. The van der Waals surface area contributed by atoms with Gasteiger partial charge in [-0.15, -0.1) is 0 Å². The van der Waals surface area contributed by atoms with Crippen molar-refractivity contribution in [1.29, 1.82) is 5.26 Å². The van der Waals surface area contributed by atoms with Gasteiger partial charge in [-0.3, -0.25) is 0 Å². The van der Waals surface area contributed by atoms with Crippen molar-refractivity contribution in [2.24, 2.45) is 5.41 Å². The zero-order valence-corrected chi connectivity index (χ0v) is 9.51. The molecule has 3 nitrogen and oxygen atoms in total. The van der Waals surface area contributed by atoms with E-state index in [0.717, 1.165) is 13.0 Å². The van der Waals surface area contributed by atoms with Crippen LogP contribution in [0.1, 0.15) is 26.7 Å². The molecule has 80 valence electrons. The van der Waals surface area contributed by atoms with Crippen molar-refractivity contribution >= 4 is 0 Å². The van der Waals surface area contributed by atoms with Gasteiger partial charge in [-0.2, -0.15) is 5.26 Å². The minimum atomic E-state index is 0.0127. The molecule has 0 spiro atoms. The molecule has 0 saturated carbocycles. The Labute approximate surface area is 87.1 Å². The number of nitriles is 1. The number of hydrogen-bond donors (Lipinski definition) is 1. The first-order chi connectivity index (χ1) is 6.57. The third-order valence-electron chi connectivity index (χ3n) is 2.99. The van der Waals surface area contributed by atoms with Crippen molar-refractivity contribution in [3.8, 4) is 6.07 Å². The molecule has 1 fully saturated rings. The number of rotatable bonds is 4. The first-order valence-corrected chi connectivity index (χ1v) is 5.36. The van der Waals surface area contributed by atoms with Gasteiger partial charge in [-0.25, -0.2) is 0 Å². The maximum Gasteiger partial charge on any atom is 0.0962 e. The monoisotopic (exact) mass is 195 g/mol. The van der Waals surface area contributed by atoms with Crippen LogP contribution in [0.5, 0.6) is 0 Å². The van der Waals surface area contributed by atoms with E-state index >= 15 is 0 Å². The van der Waals surface area contributed by atoms with Crippen LogP contribution in [0.3, 0.4) is 0 Å². The van der Waals surface area contributed by atoms with Crippen LogP contribution in [0.4, 0.5) is 0 Å². The Bertz CT molecular complexity index is 217. The van der Waals surface area contributed by atoms with Crippen molar-refractivity contribution in [2.75, 3.05) is 26.7 Å². The predicted octanol–water partition coefficient (Wildman–Crippen LogP) is 1.22. The SMILES string of the molecule is CNC(C#N)CCN1CCC(C)(C)C1. The lowest BCUT2D eigenvalue weighted by Gasteiger charge is -2.20. The van der Waals surface area contributed by atoms with Crippen molar-refractivity contribution in [1.82, 2.24) is 10.2 Å². The Kier molecular flexibility index (Phi) is 3.91. The van der Waals surface area contributed by atoms with Crippen LogP contribution >= 0.6 is 0 Å². The zero-order valence-electron chi connectivity index (χ0n) is 9.51. The van der Waals surface area contributed by atoms with Gasteiger partial charge in [-0.1, -0.05) is 13.8 Å². The van der Waals surface area contributed by atoms with E-state index in [0.29, 0.717) is 5.41 Å². The summed E-state index contributed by atoms with van der Waals surface area (Å²) in [6, 6.07) is 2.27. The molecule has 3 heteroatoms. The Balaban J connectivity index is 2.24. The summed E-state index contributed by atoms with van der Waals surface area (Å²) in [4.78, 5) is 2.46. The van der Waals surface area contributed by atoms with Crippen molar-refractivity contribution in [3.05, 3.63) is 0 Å². The summed E-state index contributed by atoms with van der Waals surface area (Å²) in [5, 5.41) is 11.8. The van der Waals surface area contributed by atoms with E-state index in [4.69, 9.17) is 5.26 Å². The molecule has 1 atom stereocenters. The van der Waals surface area contributed by atoms with Crippen LogP contribution in [0.15, 0.2) is 0 Å². The summed E-state index contributed by atoms with van der Waals surface area (Å²) in [5.41, 5.74) is 0.474. The van der Waals surface area contributed by atoms with Gasteiger partial charge in [0.1, 0.15) is 0 Å². The lowest BCUT2D eigenvalue weighted by molar-refractivity contribution is 0.282. The van der Waals surface area contributed by atoms with Crippen LogP contribution < -0.4 is 5.32 Å². The first-order valence-electron chi connectivity index (χ1n) is 5.36. The number of nitrogens with one attached hydrogen (secondary N) is 1. The zero-order chi connectivity index (χ0) is 10.6. The normalized spacial score (nSPS) is 23.3. The molecule has 0 aromatic rings. The highest BCUT2D eigenvalue weighted by atomic mass is 15.2. The van der Waals surface area contributed by atoms with Crippen LogP contribution in [-0.4, -0.2) is 37.6 Å². The molecular formula is C11H21N3. The third-order valence-corrected chi connectivity index (χ3v) is 2.99. The Hall–Kier alpha value is -0.590. The van der Waals surface area contributed by atoms with Crippen molar-refractivity contribution in [2.45, 2.75) is 32.7 Å². The van der Waals surface area contributed by atoms with Crippen LogP contribution in [0.2, 0.25) is 0 Å². The number of nitrogens with zero attached hydrogens (tertiary/aromatic N) is 2. The van der Waals surface area contributed by atoms with Gasteiger partial charge in [0.05, 0.1) is 12.1 Å². The molecule has 1 saturated heterocycles. The molecule has 1 aliphatic heterocycles. The molecule has 14 heavy (non-hydrogen) atoms. The Morgan fingerprint density at radius 2 is 2.29 bits per heavy atom. The fourth-order valence-corrected chi connectivity index (χ4v) is 2.00. The highest BCUT2D eigenvalue weighted by Crippen LogP contribution is 2.28. The summed E-state index contributed by atoms with van der Waals surface area (Å²) in [6.45, 7) is 8.03. The van der Waals surface area contributed by atoms with E-state index in [1.807, 2.05) is 7.05 Å². The highest BCUT2D eigenvalue weighted by Gasteiger charge is 2.28. The molecule has 1 N–H and O–H groups in total. The molecule has 0 amide bonds. The molecule has 0 aromatic carbocycles. The van der Waals surface area contributed by atoms with E-state index < -0.39 is 0 Å². The van der Waals surface area contributed by atoms with Crippen LogP contribution in [-0.2, 0) is 0 Å². The molecular weight excluding hydrogens is 174 g/mol. The summed E-state index contributed by atoms with van der Waals surface area (Å²) in [6.07, 6.45) is 2.22. The maximum absolute atomic E-state index is 8.77. The fourth-order valence-electron chi connectivity index (χ4n) is 2.00. The molecule has 1 rings (SSSR count). The van der Waals surface area contributed by atoms with Gasteiger partial charge in [-0.05, 0) is 31.8 Å². The number of hydrogen-bond acceptors (Lipinski definition) is 3. The summed E-state index contributed by atoms with van der Waals surface area (Å²) >= 11 is 0. The van der Waals surface area contributed by atoms with Gasteiger partial charge in [0.25, 0.3) is 0 Å². The summed E-state index contributed by atoms with van der Waals surface area (Å²) in [5.74, 6) is 0. The van der Waals surface area contributed by atoms with E-state index in [1.54, 1.807) is 0 Å². The van der Waals surface area contributed by atoms with Gasteiger partial charge in [0, 0.05) is 13.1 Å². The minimum Gasteiger partial charge on any atom is -0.305 e. The molecule has 1 unspecified atom stereocenters. The minimum absolute atomic E-state index is 0.0127. The van der Waals surface area contributed by atoms with Crippen LogP contribution in [0.25, 0.3) is 0 Å². The largest absolute Gasteiger partial charge is 0.305 e. The smallest absolute Gasteiger partial charge is 0.0962 e. The quantitative estimate of drug-likeness (QED) is 0.733. The van der Waals surface area contributed by atoms with E-state index in [1.165, 1.54) is 19.5 Å². The topological polar surface area (TPSA) is 39.1 Å². The number of likely N-dealkylation sites (tertiary alicyclic amines) is 1. The van der Waals surface area contributed by atoms with Crippen LogP contribution in [0, 0.1) is 16.7 Å². The fraction of sp³-hybridized carbons (Fsp3) is 0.909. The average molecular weight is 195 g/mol. The van der Waals surface area contributed by atoms with E-state index in [9.17, 15) is 0 Å². The van der Waals surface area contributed by atoms with E-state index in [-0.39, 0.29) is 6.04 Å². The standard InChI is InChI=1S/C11H21N3/c1-11(2)5-7-14(9-11)6-4-10(8-12)13-3/h10,13H,4-7,9H2,1-3H3. The van der Waals surface area contributed by atoms with Gasteiger partial charge >= 0.3 is 0 Å². The lowest BCUT2D eigenvalue weighted by Crippen LogP contribution is -2.31. The molecule has 0 radical (unpaired) electrons. The van der Waals surface area contributed by atoms with Gasteiger partial charge < -0.3 is 10.2 Å². The van der Waals surface area contributed by atoms with Gasteiger partial charge in [0.15, 0.2) is 0 Å². The summed E-state index contributed by atoms with van der Waals surface area (Å²) < 4.78 is 0. The Morgan fingerprint density at radius 1 is 1.57 bits per heavy atom. The second kappa shape index (κ2) is 4.77. The van der Waals surface area contributed by atoms with Gasteiger partial charge in [0.2, 0.25) is 0 Å². The second-order valence-corrected chi connectivity index (χ2v) is 4.95. The lowest BCUT2D eigenvalue weighted by atomic mass is 9.93. The van der Waals surface area contributed by atoms with Crippen molar-refractivity contribution in [3.63, 3.8) is 0 Å². The van der Waals surface area contributed by atoms with Crippen molar-refractivity contribution < 1.29 is 0 Å². The molecule has 0 aromatic heterocycles. The summed E-state index contributed by atoms with van der Waals surface area (Å²) in [7, 11) is 1.85.